The van der Waals surface area contributed by atoms with Gasteiger partial charge in [0.25, 0.3) is 0 Å². The van der Waals surface area contributed by atoms with E-state index in [0.29, 0.717) is 10.6 Å². The maximum atomic E-state index is 10.9. The van der Waals surface area contributed by atoms with Crippen LogP contribution >= 0.6 is 23.4 Å². The van der Waals surface area contributed by atoms with Crippen molar-refractivity contribution in [3.63, 3.8) is 0 Å². The largest absolute Gasteiger partial charge is 0.432 e. The van der Waals surface area contributed by atoms with Crippen LogP contribution in [0.5, 0.6) is 0 Å². The molecule has 0 saturated heterocycles. The molecule has 3 rings (SSSR count). The number of benzene rings is 2. The van der Waals surface area contributed by atoms with E-state index >= 15 is 0 Å². The fourth-order valence-corrected chi connectivity index (χ4v) is 5.90. The Balaban J connectivity index is 1.94. The monoisotopic (exact) mass is 500 g/mol. The van der Waals surface area contributed by atoms with Gasteiger partial charge in [-0.15, -0.1) is 0 Å². The van der Waals surface area contributed by atoms with Crippen LogP contribution in [0.3, 0.4) is 0 Å². The number of halogens is 1. The topological polar surface area (TPSA) is 71.7 Å². The van der Waals surface area contributed by atoms with E-state index in [1.165, 1.54) is 0 Å². The van der Waals surface area contributed by atoms with Gasteiger partial charge in [0.1, 0.15) is 17.3 Å². The quantitative estimate of drug-likeness (QED) is 0.398. The highest BCUT2D eigenvalue weighted by atomic mass is 35.5. The van der Waals surface area contributed by atoms with Gasteiger partial charge in [0, 0.05) is 11.3 Å². The number of thioether (sulfide) groups is 1. The molecule has 1 aliphatic heterocycles. The Morgan fingerprint density at radius 2 is 1.94 bits per heavy atom. The van der Waals surface area contributed by atoms with Crippen LogP contribution in [0.25, 0.3) is 0 Å². The van der Waals surface area contributed by atoms with Crippen LogP contribution in [0.2, 0.25) is 23.2 Å². The van der Waals surface area contributed by atoms with E-state index in [1.807, 2.05) is 44.3 Å². The number of nitrogens with zero attached hydrogens (tertiary/aromatic N) is 3. The van der Waals surface area contributed by atoms with Crippen LogP contribution in [-0.2, 0) is 0 Å². The molecule has 0 saturated carbocycles. The van der Waals surface area contributed by atoms with Crippen molar-refractivity contribution in [2.75, 3.05) is 11.2 Å². The van der Waals surface area contributed by atoms with Gasteiger partial charge < -0.3 is 10.1 Å². The van der Waals surface area contributed by atoms with Crippen molar-refractivity contribution in [2.45, 2.75) is 58.4 Å². The smallest absolute Gasteiger partial charge is 0.188 e. The number of nitrogens with one attached hydrogen (secondary N) is 1. The van der Waals surface area contributed by atoms with E-state index in [0.717, 1.165) is 34.2 Å². The summed E-state index contributed by atoms with van der Waals surface area (Å²) in [5.74, 6) is 0.919. The molecule has 2 aromatic rings. The first-order chi connectivity index (χ1) is 15.4. The third-order valence-corrected chi connectivity index (χ3v) is 11.7. The number of hydrazone groups is 1. The summed E-state index contributed by atoms with van der Waals surface area (Å²) in [5, 5.41) is 21.4. The first-order valence-corrected chi connectivity index (χ1v) is 15.5. The van der Waals surface area contributed by atoms with Crippen molar-refractivity contribution in [3.8, 4) is 6.07 Å². The van der Waals surface area contributed by atoms with Crippen LogP contribution in [0.1, 0.15) is 43.9 Å². The molecule has 33 heavy (non-hydrogen) atoms. The van der Waals surface area contributed by atoms with Gasteiger partial charge in [-0.3, -0.25) is 5.01 Å². The molecule has 0 fully saturated rings. The van der Waals surface area contributed by atoms with E-state index < -0.39 is 8.32 Å². The lowest BCUT2D eigenvalue weighted by atomic mass is 9.94. The van der Waals surface area contributed by atoms with Crippen molar-refractivity contribution in [1.29, 1.82) is 5.26 Å². The maximum Gasteiger partial charge on any atom is 0.188 e. The molecule has 2 N–H and O–H groups in total. The van der Waals surface area contributed by atoms with Gasteiger partial charge in [-0.2, -0.15) is 10.4 Å². The molecule has 176 valence electrons. The van der Waals surface area contributed by atoms with Crippen LogP contribution < -0.4 is 5.32 Å². The first kappa shape index (κ1) is 25.6. The lowest BCUT2D eigenvalue weighted by Crippen LogP contribution is -2.46. The Hall–Kier alpha value is -1.98. The zero-order valence-electron chi connectivity index (χ0n) is 20.2. The minimum Gasteiger partial charge on any atom is -0.432 e. The van der Waals surface area contributed by atoms with E-state index in [1.54, 1.807) is 17.8 Å². The predicted octanol–water partition coefficient (Wildman–Crippen LogP) is 6.63. The summed E-state index contributed by atoms with van der Waals surface area (Å²) >= 11 is 8.18. The fourth-order valence-electron chi connectivity index (χ4n) is 3.93. The molecule has 8 heteroatoms. The highest BCUT2D eigenvalue weighted by molar-refractivity contribution is 8.14. The van der Waals surface area contributed by atoms with Crippen molar-refractivity contribution in [1.82, 2.24) is 5.01 Å². The fraction of sp³-hybridized carbons (Fsp3) is 0.440. The van der Waals surface area contributed by atoms with Gasteiger partial charge in [0.05, 0.1) is 16.5 Å². The zero-order valence-corrected chi connectivity index (χ0v) is 22.8. The average molecular weight is 501 g/mol. The lowest BCUT2D eigenvalue weighted by molar-refractivity contribution is 0.190. The number of rotatable bonds is 8. The standard InChI is InChI=1S/C25H33ClN4OSSi/c1-17(14-25(3,4)33(5,6)31)23(28-21-13-12-20(15-27)22(26)18(21)2)30-16-32-24(29-30)19-10-8-7-9-11-19/h7-13,17,23,28,31H,14,16H2,1-6H3/t17-,23-/m0/s1. The molecular weight excluding hydrogens is 468 g/mol. The number of hydrogen-bond donors (Lipinski definition) is 2. The van der Waals surface area contributed by atoms with Crippen LogP contribution in [0.4, 0.5) is 5.69 Å². The highest BCUT2D eigenvalue weighted by Crippen LogP contribution is 2.43. The van der Waals surface area contributed by atoms with E-state index in [2.05, 4.69) is 49.3 Å². The summed E-state index contributed by atoms with van der Waals surface area (Å²) in [7, 11) is -2.37. The molecule has 2 aromatic carbocycles. The van der Waals surface area contributed by atoms with Gasteiger partial charge in [-0.25, -0.2) is 0 Å². The molecule has 0 amide bonds. The third kappa shape index (κ3) is 5.75. The second-order valence-electron chi connectivity index (χ2n) is 9.91. The summed E-state index contributed by atoms with van der Waals surface area (Å²) < 4.78 is 0. The Kier molecular flexibility index (Phi) is 7.85. The molecule has 0 radical (unpaired) electrons. The second-order valence-corrected chi connectivity index (χ2v) is 15.7. The number of nitriles is 1. The molecule has 0 bridgehead atoms. The van der Waals surface area contributed by atoms with Crippen LogP contribution in [0.15, 0.2) is 47.6 Å². The Morgan fingerprint density at radius 1 is 1.27 bits per heavy atom. The molecule has 0 aromatic heterocycles. The number of anilines is 1. The van der Waals surface area contributed by atoms with Crippen molar-refractivity contribution in [2.24, 2.45) is 11.0 Å². The number of hydrogen-bond acceptors (Lipinski definition) is 6. The van der Waals surface area contributed by atoms with Crippen molar-refractivity contribution < 1.29 is 4.80 Å². The van der Waals surface area contributed by atoms with Crippen LogP contribution in [0, 0.1) is 24.2 Å². The lowest BCUT2D eigenvalue weighted by Gasteiger charge is -2.41. The van der Waals surface area contributed by atoms with E-state index in [4.69, 9.17) is 16.7 Å². The summed E-state index contributed by atoms with van der Waals surface area (Å²) in [6.45, 7) is 12.5. The van der Waals surface area contributed by atoms with Gasteiger partial charge in [0.15, 0.2) is 8.32 Å². The Labute approximate surface area is 208 Å². The normalized spacial score (nSPS) is 16.2. The molecule has 0 spiro atoms. The average Bonchev–Trinajstić information content (AvgIpc) is 3.24. The van der Waals surface area contributed by atoms with Gasteiger partial charge >= 0.3 is 0 Å². The summed E-state index contributed by atoms with van der Waals surface area (Å²) in [5.41, 5.74) is 3.32. The van der Waals surface area contributed by atoms with E-state index in [-0.39, 0.29) is 17.1 Å². The molecule has 1 heterocycles. The minimum absolute atomic E-state index is 0.1000. The van der Waals surface area contributed by atoms with E-state index in [9.17, 15) is 10.1 Å². The zero-order chi connectivity index (χ0) is 24.4. The first-order valence-electron chi connectivity index (χ1n) is 11.2. The highest BCUT2D eigenvalue weighted by Gasteiger charge is 2.41. The molecule has 0 unspecified atom stereocenters. The van der Waals surface area contributed by atoms with Crippen molar-refractivity contribution in [3.05, 3.63) is 64.2 Å². The summed E-state index contributed by atoms with van der Waals surface area (Å²) in [4.78, 5) is 10.9. The summed E-state index contributed by atoms with van der Waals surface area (Å²) in [6.07, 6.45) is 0.748. The van der Waals surface area contributed by atoms with Crippen molar-refractivity contribution >= 4 is 42.4 Å². The third-order valence-electron chi connectivity index (χ3n) is 6.73. The molecule has 5 nitrogen and oxygen atoms in total. The van der Waals surface area contributed by atoms with Crippen LogP contribution in [-0.4, -0.2) is 35.2 Å². The molecule has 2 atom stereocenters. The molecule has 1 aliphatic rings. The van der Waals surface area contributed by atoms with Gasteiger partial charge in [-0.1, -0.05) is 74.5 Å². The molecule has 0 aliphatic carbocycles. The second kappa shape index (κ2) is 10.1. The predicted molar refractivity (Wildman–Crippen MR) is 143 cm³/mol. The summed E-state index contributed by atoms with van der Waals surface area (Å²) in [6, 6.07) is 16.0. The Bertz CT molecular complexity index is 1060. The maximum absolute atomic E-state index is 10.9. The van der Waals surface area contributed by atoms with Gasteiger partial charge in [-0.05, 0) is 55.1 Å². The molecular formula is C25H33ClN4OSSi. The van der Waals surface area contributed by atoms with Gasteiger partial charge in [0.2, 0.25) is 0 Å². The SMILES string of the molecule is Cc1c(N[C@H]([C@@H](C)CC(C)(C)[Si](C)(C)O)N2CSC(c3ccccc3)=N2)ccc(C#N)c1Cl. The Morgan fingerprint density at radius 3 is 2.55 bits per heavy atom. The minimum atomic E-state index is -2.37.